The molecule has 4 aliphatic rings. The van der Waals surface area contributed by atoms with Crippen LogP contribution < -0.4 is 16.5 Å². The molecular formula is C30H45F3N6O. The maximum atomic E-state index is 14.4. The minimum atomic E-state index is -4.54. The first-order valence-electron chi connectivity index (χ1n) is 15.4. The Bertz CT molecular complexity index is 1250. The van der Waals surface area contributed by atoms with Crippen LogP contribution in [-0.2, 0) is 6.18 Å². The van der Waals surface area contributed by atoms with E-state index in [1.54, 1.807) is 10.8 Å². The maximum absolute atomic E-state index is 14.4. The summed E-state index contributed by atoms with van der Waals surface area (Å²) >= 11 is 0. The molecule has 4 fully saturated rings. The van der Waals surface area contributed by atoms with E-state index in [4.69, 9.17) is 0 Å². The van der Waals surface area contributed by atoms with Gasteiger partial charge < -0.3 is 0 Å². The molecule has 0 amide bonds. The number of nitrogens with zero attached hydrogens (tertiary/aromatic N) is 4. The van der Waals surface area contributed by atoms with Crippen LogP contribution in [0.1, 0.15) is 94.8 Å². The highest BCUT2D eigenvalue weighted by molar-refractivity contribution is 5.56. The van der Waals surface area contributed by atoms with E-state index in [-0.39, 0.29) is 29.5 Å². The van der Waals surface area contributed by atoms with Crippen LogP contribution in [0.4, 0.5) is 13.2 Å². The van der Waals surface area contributed by atoms with E-state index in [9.17, 15) is 18.0 Å². The topological polar surface area (TPSA) is 57.0 Å². The summed E-state index contributed by atoms with van der Waals surface area (Å²) in [5, 5.41) is 0. The Labute approximate surface area is 235 Å². The predicted molar refractivity (Wildman–Crippen MR) is 150 cm³/mol. The van der Waals surface area contributed by atoms with Crippen molar-refractivity contribution in [2.24, 2.45) is 23.7 Å². The second kappa shape index (κ2) is 11.1. The number of aromatic nitrogens is 2. The normalized spacial score (nSPS) is 30.9. The van der Waals surface area contributed by atoms with Crippen LogP contribution in [0.3, 0.4) is 0 Å². The van der Waals surface area contributed by atoms with Crippen molar-refractivity contribution < 1.29 is 13.2 Å². The van der Waals surface area contributed by atoms with Crippen molar-refractivity contribution in [1.82, 2.24) is 29.6 Å². The summed E-state index contributed by atoms with van der Waals surface area (Å²) in [7, 11) is 2.14. The Balaban J connectivity index is 1.33. The quantitative estimate of drug-likeness (QED) is 0.495. The van der Waals surface area contributed by atoms with Gasteiger partial charge in [-0.05, 0) is 87.9 Å². The summed E-state index contributed by atoms with van der Waals surface area (Å²) in [5.74, 6) is 2.07. The SMILES string of the molecule is CC(c1cc(C(F)(F)F)c2cn(C3CCCC([C@H](C4CCC4)C4NNCN4C)C3)c(=O)n2c1)N1CCC[C@H](C)C1. The Morgan fingerprint density at radius 1 is 1.02 bits per heavy atom. The van der Waals surface area contributed by atoms with Crippen molar-refractivity contribution in [2.45, 2.75) is 96.1 Å². The van der Waals surface area contributed by atoms with Crippen molar-refractivity contribution in [3.05, 3.63) is 40.1 Å². The number of hydrazine groups is 1. The summed E-state index contributed by atoms with van der Waals surface area (Å²) in [6, 6.07) is 1.02. The number of halogens is 3. The molecule has 4 unspecified atom stereocenters. The Morgan fingerprint density at radius 3 is 2.42 bits per heavy atom. The number of alkyl halides is 3. The van der Waals surface area contributed by atoms with Gasteiger partial charge in [0.25, 0.3) is 0 Å². The van der Waals surface area contributed by atoms with E-state index >= 15 is 0 Å². The molecule has 0 bridgehead atoms. The first kappa shape index (κ1) is 28.2. The Hall–Kier alpha value is -1.88. The van der Waals surface area contributed by atoms with Gasteiger partial charge in [0.2, 0.25) is 0 Å². The first-order valence-corrected chi connectivity index (χ1v) is 15.4. The number of pyridine rings is 1. The lowest BCUT2D eigenvalue weighted by Gasteiger charge is -2.46. The predicted octanol–water partition coefficient (Wildman–Crippen LogP) is 5.38. The van der Waals surface area contributed by atoms with E-state index in [1.165, 1.54) is 35.9 Å². The Kier molecular flexibility index (Phi) is 7.82. The fourth-order valence-corrected chi connectivity index (χ4v) is 8.13. The van der Waals surface area contributed by atoms with Crippen LogP contribution in [0.2, 0.25) is 0 Å². The van der Waals surface area contributed by atoms with Crippen LogP contribution in [0.25, 0.3) is 5.52 Å². The van der Waals surface area contributed by atoms with Gasteiger partial charge in [0.15, 0.2) is 0 Å². The molecule has 0 aromatic carbocycles. The molecule has 2 aliphatic carbocycles. The molecule has 2 saturated carbocycles. The maximum Gasteiger partial charge on any atom is 0.418 e. The molecule has 4 heterocycles. The van der Waals surface area contributed by atoms with Gasteiger partial charge in [0.05, 0.1) is 23.9 Å². The van der Waals surface area contributed by atoms with E-state index < -0.39 is 11.7 Å². The van der Waals surface area contributed by atoms with Crippen molar-refractivity contribution in [3.63, 3.8) is 0 Å². The van der Waals surface area contributed by atoms with E-state index in [0.29, 0.717) is 29.2 Å². The van der Waals surface area contributed by atoms with Crippen molar-refractivity contribution in [2.75, 3.05) is 26.8 Å². The fraction of sp³-hybridized carbons (Fsp3) is 0.767. The average Bonchev–Trinajstić information content (AvgIpc) is 3.47. The lowest BCUT2D eigenvalue weighted by Crippen LogP contribution is -2.50. The van der Waals surface area contributed by atoms with Crippen LogP contribution in [0.15, 0.2) is 23.3 Å². The van der Waals surface area contributed by atoms with E-state index in [2.05, 4.69) is 34.6 Å². The molecule has 2 saturated heterocycles. The van der Waals surface area contributed by atoms with Crippen LogP contribution in [-0.4, -0.2) is 51.7 Å². The highest BCUT2D eigenvalue weighted by Gasteiger charge is 2.44. The highest BCUT2D eigenvalue weighted by atomic mass is 19.4. The van der Waals surface area contributed by atoms with Gasteiger partial charge in [0.1, 0.15) is 0 Å². The number of rotatable bonds is 6. The molecule has 6 atom stereocenters. The number of fused-ring (bicyclic) bond motifs is 1. The molecule has 10 heteroatoms. The van der Waals surface area contributed by atoms with Crippen LogP contribution in [0.5, 0.6) is 0 Å². The number of likely N-dealkylation sites (tertiary alicyclic amines) is 1. The zero-order chi connectivity index (χ0) is 28.2. The summed E-state index contributed by atoms with van der Waals surface area (Å²) < 4.78 is 46.1. The van der Waals surface area contributed by atoms with E-state index in [0.717, 1.165) is 58.3 Å². The minimum Gasteiger partial charge on any atom is -0.296 e. The zero-order valence-electron chi connectivity index (χ0n) is 24.1. The van der Waals surface area contributed by atoms with Crippen LogP contribution in [0, 0.1) is 23.7 Å². The smallest absolute Gasteiger partial charge is 0.296 e. The molecular weight excluding hydrogens is 517 g/mol. The molecule has 2 aliphatic heterocycles. The van der Waals surface area contributed by atoms with Crippen molar-refractivity contribution >= 4 is 5.52 Å². The van der Waals surface area contributed by atoms with Gasteiger partial charge >= 0.3 is 11.9 Å². The monoisotopic (exact) mass is 562 g/mol. The lowest BCUT2D eigenvalue weighted by atomic mass is 9.65. The summed E-state index contributed by atoms with van der Waals surface area (Å²) in [6.07, 6.45) is 8.56. The first-order chi connectivity index (χ1) is 19.1. The van der Waals surface area contributed by atoms with Crippen LogP contribution >= 0.6 is 0 Å². The van der Waals surface area contributed by atoms with Gasteiger partial charge in [0, 0.05) is 31.0 Å². The molecule has 222 valence electrons. The molecule has 0 spiro atoms. The minimum absolute atomic E-state index is 0.0282. The summed E-state index contributed by atoms with van der Waals surface area (Å²) in [6.45, 7) is 6.69. The number of piperidine rings is 1. The number of nitrogens with one attached hydrogen (secondary N) is 2. The fourth-order valence-electron chi connectivity index (χ4n) is 8.13. The Morgan fingerprint density at radius 2 is 1.77 bits per heavy atom. The molecule has 7 nitrogen and oxygen atoms in total. The standard InChI is InChI=1S/C30H45F3N6O/c1-19-7-6-12-37(15-19)20(2)23-14-25(30(31,32)33)26-17-38(29(40)39(26)16-23)24-11-5-10-22(13-24)27(21-8-4-9-21)28-35-34-18-36(28)3/h14,16-17,19-22,24,27-28,34-35H,4-13,15,18H2,1-3H3/t19-,20?,22?,24?,27-,28?/m0/s1. The zero-order valence-corrected chi connectivity index (χ0v) is 24.1. The van der Waals surface area contributed by atoms with Gasteiger partial charge in [-0.25, -0.2) is 15.6 Å². The molecule has 2 aromatic heterocycles. The number of imidazole rings is 1. The summed E-state index contributed by atoms with van der Waals surface area (Å²) in [4.78, 5) is 18.4. The molecule has 2 N–H and O–H groups in total. The van der Waals surface area contributed by atoms with Gasteiger partial charge in [-0.15, -0.1) is 0 Å². The number of hydrogen-bond acceptors (Lipinski definition) is 5. The second-order valence-electron chi connectivity index (χ2n) is 13.2. The number of hydrogen-bond donors (Lipinski definition) is 2. The molecule has 2 aromatic rings. The van der Waals surface area contributed by atoms with Gasteiger partial charge in [-0.1, -0.05) is 32.6 Å². The third-order valence-corrected chi connectivity index (χ3v) is 10.6. The third-order valence-electron chi connectivity index (χ3n) is 10.6. The molecule has 40 heavy (non-hydrogen) atoms. The van der Waals surface area contributed by atoms with E-state index in [1.807, 2.05) is 6.92 Å². The molecule has 6 rings (SSSR count). The largest absolute Gasteiger partial charge is 0.418 e. The van der Waals surface area contributed by atoms with Gasteiger partial charge in [-0.3, -0.25) is 18.8 Å². The molecule has 0 radical (unpaired) electrons. The highest BCUT2D eigenvalue weighted by Crippen LogP contribution is 2.47. The van der Waals surface area contributed by atoms with Crippen molar-refractivity contribution in [3.8, 4) is 0 Å². The van der Waals surface area contributed by atoms with Crippen molar-refractivity contribution in [1.29, 1.82) is 0 Å². The lowest BCUT2D eigenvalue weighted by molar-refractivity contribution is -0.136. The second-order valence-corrected chi connectivity index (χ2v) is 13.2. The average molecular weight is 563 g/mol. The summed E-state index contributed by atoms with van der Waals surface area (Å²) in [5.41, 5.74) is 6.25. The third kappa shape index (κ3) is 5.25. The van der Waals surface area contributed by atoms with Gasteiger partial charge in [-0.2, -0.15) is 13.2 Å².